The second-order valence-corrected chi connectivity index (χ2v) is 3.45. The topological polar surface area (TPSA) is 20.2 Å². The van der Waals surface area contributed by atoms with Crippen molar-refractivity contribution >= 4 is 11.8 Å². The van der Waals surface area contributed by atoms with Crippen LogP contribution in [0.2, 0.25) is 0 Å². The van der Waals surface area contributed by atoms with Crippen molar-refractivity contribution in [2.45, 2.75) is 31.4 Å². The summed E-state index contributed by atoms with van der Waals surface area (Å²) in [6.45, 7) is 1.57. The number of rotatable bonds is 4. The molecule has 1 atom stereocenters. The van der Waals surface area contributed by atoms with Crippen molar-refractivity contribution in [1.29, 1.82) is 0 Å². The first-order valence-electron chi connectivity index (χ1n) is 3.30. The number of thioether (sulfide) groups is 1. The summed E-state index contributed by atoms with van der Waals surface area (Å²) in [5.74, 6) is 0.0361. The monoisotopic (exact) mass is 188 g/mol. The molecule has 5 heteroatoms. The molecule has 0 heterocycles. The Balaban J connectivity index is 3.15. The van der Waals surface area contributed by atoms with E-state index in [1.165, 1.54) is 0 Å². The summed E-state index contributed by atoms with van der Waals surface area (Å²) in [5.41, 5.74) is -4.13. The van der Waals surface area contributed by atoms with Gasteiger partial charge >= 0.3 is 5.51 Å². The molecule has 0 fully saturated rings. The van der Waals surface area contributed by atoms with Crippen LogP contribution in [-0.4, -0.2) is 22.5 Å². The second-order valence-electron chi connectivity index (χ2n) is 2.29. The van der Waals surface area contributed by atoms with Gasteiger partial charge in [0.15, 0.2) is 0 Å². The van der Waals surface area contributed by atoms with Crippen LogP contribution in [0.5, 0.6) is 0 Å². The number of aliphatic hydroxyl groups excluding tert-OH is 1. The Hall–Kier alpha value is 0.100. The number of hydrogen-bond donors (Lipinski definition) is 1. The van der Waals surface area contributed by atoms with Crippen molar-refractivity contribution in [3.05, 3.63) is 0 Å². The standard InChI is InChI=1S/C6H11F3OS/c1-5(10)3-2-4-11-6(7,8)9/h5,10H,2-4H2,1H3. The molecule has 0 rings (SSSR count). The highest BCUT2D eigenvalue weighted by Crippen LogP contribution is 2.30. The zero-order valence-corrected chi connectivity index (χ0v) is 7.00. The van der Waals surface area contributed by atoms with Gasteiger partial charge in [-0.3, -0.25) is 0 Å². The highest BCUT2D eigenvalue weighted by molar-refractivity contribution is 8.00. The van der Waals surface area contributed by atoms with E-state index in [-0.39, 0.29) is 17.5 Å². The SMILES string of the molecule is CC(O)CCCSC(F)(F)F. The van der Waals surface area contributed by atoms with Crippen LogP contribution in [-0.2, 0) is 0 Å². The van der Waals surface area contributed by atoms with E-state index >= 15 is 0 Å². The van der Waals surface area contributed by atoms with E-state index in [1.54, 1.807) is 6.92 Å². The maximum atomic E-state index is 11.5. The lowest BCUT2D eigenvalue weighted by molar-refractivity contribution is -0.0328. The van der Waals surface area contributed by atoms with Crippen LogP contribution in [0.15, 0.2) is 0 Å². The number of aliphatic hydroxyl groups is 1. The number of halogens is 3. The molecule has 68 valence electrons. The molecular formula is C6H11F3OS. The predicted molar refractivity (Wildman–Crippen MR) is 39.4 cm³/mol. The zero-order valence-electron chi connectivity index (χ0n) is 6.19. The minimum atomic E-state index is -4.13. The lowest BCUT2D eigenvalue weighted by atomic mass is 10.2. The molecule has 0 amide bonds. The zero-order chi connectivity index (χ0) is 8.91. The average molecular weight is 188 g/mol. The molecule has 11 heavy (non-hydrogen) atoms. The first-order valence-corrected chi connectivity index (χ1v) is 4.29. The molecule has 1 N–H and O–H groups in total. The Bertz CT molecular complexity index is 102. The van der Waals surface area contributed by atoms with Crippen molar-refractivity contribution in [3.63, 3.8) is 0 Å². The lowest BCUT2D eigenvalue weighted by Gasteiger charge is -2.05. The third kappa shape index (κ3) is 10.1. The van der Waals surface area contributed by atoms with Gasteiger partial charge in [-0.2, -0.15) is 13.2 Å². The molecule has 0 aliphatic rings. The first-order chi connectivity index (χ1) is 4.92. The normalized spacial score (nSPS) is 15.0. The smallest absolute Gasteiger partial charge is 0.393 e. The fourth-order valence-corrected chi connectivity index (χ4v) is 1.11. The Morgan fingerprint density at radius 1 is 1.45 bits per heavy atom. The highest BCUT2D eigenvalue weighted by atomic mass is 32.2. The highest BCUT2D eigenvalue weighted by Gasteiger charge is 2.27. The van der Waals surface area contributed by atoms with Crippen molar-refractivity contribution < 1.29 is 18.3 Å². The largest absolute Gasteiger partial charge is 0.441 e. The summed E-state index contributed by atoms with van der Waals surface area (Å²) in [6.07, 6.45) is 0.342. The molecule has 0 aromatic rings. The van der Waals surface area contributed by atoms with E-state index in [0.29, 0.717) is 12.8 Å². The van der Waals surface area contributed by atoms with Gasteiger partial charge in [0.2, 0.25) is 0 Å². The van der Waals surface area contributed by atoms with Crippen LogP contribution in [0, 0.1) is 0 Å². The van der Waals surface area contributed by atoms with Gasteiger partial charge in [-0.1, -0.05) is 11.8 Å². The molecule has 0 spiro atoms. The fourth-order valence-electron chi connectivity index (χ4n) is 0.567. The Morgan fingerprint density at radius 3 is 2.36 bits per heavy atom. The van der Waals surface area contributed by atoms with Gasteiger partial charge in [-0.25, -0.2) is 0 Å². The average Bonchev–Trinajstić information content (AvgIpc) is 1.78. The molecule has 0 radical (unpaired) electrons. The van der Waals surface area contributed by atoms with Crippen LogP contribution in [0.4, 0.5) is 13.2 Å². The maximum absolute atomic E-state index is 11.5. The van der Waals surface area contributed by atoms with Crippen molar-refractivity contribution in [3.8, 4) is 0 Å². The van der Waals surface area contributed by atoms with Crippen LogP contribution < -0.4 is 0 Å². The molecule has 0 aromatic heterocycles. The summed E-state index contributed by atoms with van der Waals surface area (Å²) >= 11 is -0.0356. The number of alkyl halides is 3. The Labute approximate surface area is 68.0 Å². The molecule has 0 saturated carbocycles. The van der Waals surface area contributed by atoms with E-state index in [4.69, 9.17) is 5.11 Å². The van der Waals surface area contributed by atoms with Gasteiger partial charge in [-0.15, -0.1) is 0 Å². The van der Waals surface area contributed by atoms with Gasteiger partial charge < -0.3 is 5.11 Å². The third-order valence-electron chi connectivity index (χ3n) is 1.03. The van der Waals surface area contributed by atoms with Gasteiger partial charge in [0.05, 0.1) is 6.10 Å². The van der Waals surface area contributed by atoms with Crippen molar-refractivity contribution in [1.82, 2.24) is 0 Å². The van der Waals surface area contributed by atoms with Gasteiger partial charge in [0.1, 0.15) is 0 Å². The van der Waals surface area contributed by atoms with E-state index in [0.717, 1.165) is 0 Å². The third-order valence-corrected chi connectivity index (χ3v) is 1.85. The fraction of sp³-hybridized carbons (Fsp3) is 1.00. The summed E-state index contributed by atoms with van der Waals surface area (Å²) in [6, 6.07) is 0. The maximum Gasteiger partial charge on any atom is 0.441 e. The molecule has 1 unspecified atom stereocenters. The molecule has 1 nitrogen and oxygen atoms in total. The Morgan fingerprint density at radius 2 is 2.00 bits per heavy atom. The van der Waals surface area contributed by atoms with Gasteiger partial charge in [-0.05, 0) is 19.8 Å². The summed E-state index contributed by atoms with van der Waals surface area (Å²) in [5, 5.41) is 8.69. The minimum absolute atomic E-state index is 0.0356. The van der Waals surface area contributed by atoms with Crippen LogP contribution in [0.3, 0.4) is 0 Å². The summed E-state index contributed by atoms with van der Waals surface area (Å²) < 4.78 is 34.4. The lowest BCUT2D eigenvalue weighted by Crippen LogP contribution is -2.04. The molecule has 0 saturated heterocycles. The predicted octanol–water partition coefficient (Wildman–Crippen LogP) is 2.40. The number of hydrogen-bond acceptors (Lipinski definition) is 2. The van der Waals surface area contributed by atoms with E-state index in [2.05, 4.69) is 0 Å². The quantitative estimate of drug-likeness (QED) is 0.683. The second kappa shape index (κ2) is 4.87. The van der Waals surface area contributed by atoms with Gasteiger partial charge in [0.25, 0.3) is 0 Å². The van der Waals surface area contributed by atoms with E-state index in [9.17, 15) is 13.2 Å². The summed E-state index contributed by atoms with van der Waals surface area (Å²) in [7, 11) is 0. The summed E-state index contributed by atoms with van der Waals surface area (Å²) in [4.78, 5) is 0. The van der Waals surface area contributed by atoms with Crippen LogP contribution in [0.1, 0.15) is 19.8 Å². The van der Waals surface area contributed by atoms with Crippen LogP contribution >= 0.6 is 11.8 Å². The first kappa shape index (κ1) is 11.1. The molecular weight excluding hydrogens is 177 g/mol. The molecule has 0 aliphatic heterocycles. The molecule has 0 aromatic carbocycles. The van der Waals surface area contributed by atoms with E-state index < -0.39 is 11.6 Å². The van der Waals surface area contributed by atoms with Crippen LogP contribution in [0.25, 0.3) is 0 Å². The van der Waals surface area contributed by atoms with Crippen molar-refractivity contribution in [2.75, 3.05) is 5.75 Å². The Kier molecular flexibility index (Phi) is 4.92. The van der Waals surface area contributed by atoms with Gasteiger partial charge in [0, 0.05) is 5.75 Å². The molecule has 0 bridgehead atoms. The van der Waals surface area contributed by atoms with Crippen molar-refractivity contribution in [2.24, 2.45) is 0 Å². The van der Waals surface area contributed by atoms with E-state index in [1.807, 2.05) is 0 Å². The minimum Gasteiger partial charge on any atom is -0.393 e. The molecule has 0 aliphatic carbocycles.